The molecule has 3 rings (SSSR count). The number of primary amides is 1. The van der Waals surface area contributed by atoms with Crippen LogP contribution in [0.5, 0.6) is 0 Å². The molecule has 2 atom stereocenters. The molecular formula is C17H23N3O2. The first-order chi connectivity index (χ1) is 10.6. The van der Waals surface area contributed by atoms with E-state index in [1.54, 1.807) is 4.90 Å². The third kappa shape index (κ3) is 3.08. The fourth-order valence-corrected chi connectivity index (χ4v) is 3.57. The number of fused-ring (bicyclic) bond motifs is 1. The van der Waals surface area contributed by atoms with Gasteiger partial charge in [0, 0.05) is 25.6 Å². The minimum Gasteiger partial charge on any atom is -0.369 e. The summed E-state index contributed by atoms with van der Waals surface area (Å²) < 4.78 is 0. The third-order valence-electron chi connectivity index (χ3n) is 4.87. The first kappa shape index (κ1) is 14.9. The van der Waals surface area contributed by atoms with E-state index in [1.165, 1.54) is 17.5 Å². The van der Waals surface area contributed by atoms with Crippen molar-refractivity contribution in [1.82, 2.24) is 10.2 Å². The standard InChI is InChI=1S/C17H23N3O2/c18-16(21)14-8-9-20(11-14)17(22)19-10-13-6-3-5-12-4-1-2-7-15(12)13/h1-2,4,7,13-14H,3,5-6,8-11H2,(H2,18,21)(H,19,22)/t13-,14+/m1/s1. The first-order valence-electron chi connectivity index (χ1n) is 8.05. The van der Waals surface area contributed by atoms with Gasteiger partial charge in [-0.05, 0) is 36.8 Å². The van der Waals surface area contributed by atoms with E-state index in [9.17, 15) is 9.59 Å². The molecule has 1 aromatic carbocycles. The molecule has 1 fully saturated rings. The number of aryl methyl sites for hydroxylation is 1. The Balaban J connectivity index is 1.55. The molecule has 1 aliphatic heterocycles. The van der Waals surface area contributed by atoms with Crippen LogP contribution in [-0.2, 0) is 11.2 Å². The van der Waals surface area contributed by atoms with Gasteiger partial charge in [-0.2, -0.15) is 0 Å². The van der Waals surface area contributed by atoms with E-state index in [1.807, 2.05) is 0 Å². The van der Waals surface area contributed by atoms with Gasteiger partial charge in [-0.1, -0.05) is 24.3 Å². The Morgan fingerprint density at radius 2 is 2.09 bits per heavy atom. The van der Waals surface area contributed by atoms with Crippen LogP contribution in [0.25, 0.3) is 0 Å². The summed E-state index contributed by atoms with van der Waals surface area (Å²) >= 11 is 0. The summed E-state index contributed by atoms with van der Waals surface area (Å²) in [7, 11) is 0. The van der Waals surface area contributed by atoms with Crippen molar-refractivity contribution in [2.45, 2.75) is 31.6 Å². The molecule has 0 bridgehead atoms. The highest BCUT2D eigenvalue weighted by molar-refractivity contribution is 5.80. The lowest BCUT2D eigenvalue weighted by Gasteiger charge is -2.26. The maximum Gasteiger partial charge on any atom is 0.317 e. The normalized spacial score (nSPS) is 23.9. The van der Waals surface area contributed by atoms with Gasteiger partial charge in [-0.25, -0.2) is 4.79 Å². The number of hydrogen-bond donors (Lipinski definition) is 2. The molecule has 0 spiro atoms. The van der Waals surface area contributed by atoms with Crippen LogP contribution in [0.4, 0.5) is 4.79 Å². The van der Waals surface area contributed by atoms with Crippen LogP contribution in [0.3, 0.4) is 0 Å². The van der Waals surface area contributed by atoms with E-state index >= 15 is 0 Å². The van der Waals surface area contributed by atoms with E-state index in [4.69, 9.17) is 5.73 Å². The number of urea groups is 1. The zero-order valence-corrected chi connectivity index (χ0v) is 12.8. The van der Waals surface area contributed by atoms with E-state index in [2.05, 4.69) is 29.6 Å². The Kier molecular flexibility index (Phi) is 4.32. The number of hydrogen-bond acceptors (Lipinski definition) is 2. The maximum atomic E-state index is 12.2. The maximum absolute atomic E-state index is 12.2. The molecule has 1 aliphatic carbocycles. The van der Waals surface area contributed by atoms with Crippen molar-refractivity contribution in [1.29, 1.82) is 0 Å². The number of nitrogens with two attached hydrogens (primary N) is 1. The van der Waals surface area contributed by atoms with Gasteiger partial charge in [0.25, 0.3) is 0 Å². The van der Waals surface area contributed by atoms with E-state index in [-0.39, 0.29) is 17.9 Å². The number of carbonyl (C=O) groups is 2. The average molecular weight is 301 g/mol. The van der Waals surface area contributed by atoms with E-state index in [0.29, 0.717) is 32.0 Å². The molecule has 0 saturated carbocycles. The number of nitrogens with zero attached hydrogens (tertiary/aromatic N) is 1. The number of amides is 3. The smallest absolute Gasteiger partial charge is 0.317 e. The van der Waals surface area contributed by atoms with Crippen molar-refractivity contribution in [2.75, 3.05) is 19.6 Å². The minimum absolute atomic E-state index is 0.0770. The second kappa shape index (κ2) is 6.38. The number of nitrogens with one attached hydrogen (secondary N) is 1. The summed E-state index contributed by atoms with van der Waals surface area (Å²) in [6.07, 6.45) is 4.09. The monoisotopic (exact) mass is 301 g/mol. The molecule has 5 heteroatoms. The molecule has 118 valence electrons. The summed E-state index contributed by atoms with van der Waals surface area (Å²) in [4.78, 5) is 25.1. The molecular weight excluding hydrogens is 278 g/mol. The number of likely N-dealkylation sites (tertiary alicyclic amines) is 1. The molecule has 3 amide bonds. The quantitative estimate of drug-likeness (QED) is 0.890. The van der Waals surface area contributed by atoms with Crippen molar-refractivity contribution >= 4 is 11.9 Å². The highest BCUT2D eigenvalue weighted by Gasteiger charge is 2.30. The average Bonchev–Trinajstić information content (AvgIpc) is 3.03. The highest BCUT2D eigenvalue weighted by atomic mass is 16.2. The van der Waals surface area contributed by atoms with E-state index in [0.717, 1.165) is 12.8 Å². The van der Waals surface area contributed by atoms with Crippen molar-refractivity contribution in [2.24, 2.45) is 11.7 Å². The van der Waals surface area contributed by atoms with Crippen molar-refractivity contribution in [3.05, 3.63) is 35.4 Å². The van der Waals surface area contributed by atoms with Crippen LogP contribution in [0.1, 0.15) is 36.3 Å². The zero-order valence-electron chi connectivity index (χ0n) is 12.8. The predicted octanol–water partition coefficient (Wildman–Crippen LogP) is 1.62. The minimum atomic E-state index is -0.309. The van der Waals surface area contributed by atoms with Gasteiger partial charge >= 0.3 is 6.03 Å². The molecule has 5 nitrogen and oxygen atoms in total. The largest absolute Gasteiger partial charge is 0.369 e. The first-order valence-corrected chi connectivity index (χ1v) is 8.05. The molecule has 1 saturated heterocycles. The Morgan fingerprint density at radius 3 is 2.86 bits per heavy atom. The molecule has 3 N–H and O–H groups in total. The van der Waals surface area contributed by atoms with Gasteiger partial charge < -0.3 is 16.0 Å². The fraction of sp³-hybridized carbons (Fsp3) is 0.529. The van der Waals surface area contributed by atoms with Crippen LogP contribution in [0.2, 0.25) is 0 Å². The molecule has 2 aliphatic rings. The Morgan fingerprint density at radius 1 is 1.27 bits per heavy atom. The van der Waals surface area contributed by atoms with Gasteiger partial charge in [-0.3, -0.25) is 4.79 Å². The predicted molar refractivity (Wildman–Crippen MR) is 84.4 cm³/mol. The molecule has 0 radical (unpaired) electrons. The molecule has 22 heavy (non-hydrogen) atoms. The Bertz CT molecular complexity index is 573. The zero-order chi connectivity index (χ0) is 15.5. The van der Waals surface area contributed by atoms with Crippen LogP contribution in [0.15, 0.2) is 24.3 Å². The summed E-state index contributed by atoms with van der Waals surface area (Å²) in [5.41, 5.74) is 8.08. The molecule has 0 unspecified atom stereocenters. The van der Waals surface area contributed by atoms with Crippen LogP contribution in [0, 0.1) is 5.92 Å². The van der Waals surface area contributed by atoms with Crippen LogP contribution in [-0.4, -0.2) is 36.5 Å². The third-order valence-corrected chi connectivity index (χ3v) is 4.87. The Hall–Kier alpha value is -2.04. The van der Waals surface area contributed by atoms with Crippen LogP contribution < -0.4 is 11.1 Å². The van der Waals surface area contributed by atoms with E-state index < -0.39 is 0 Å². The van der Waals surface area contributed by atoms with Crippen LogP contribution >= 0.6 is 0 Å². The second-order valence-corrected chi connectivity index (χ2v) is 6.31. The van der Waals surface area contributed by atoms with Gasteiger partial charge in [0.05, 0.1) is 5.92 Å². The summed E-state index contributed by atoms with van der Waals surface area (Å²) in [6, 6.07) is 8.42. The van der Waals surface area contributed by atoms with Gasteiger partial charge in [0.2, 0.25) is 5.91 Å². The summed E-state index contributed by atoms with van der Waals surface area (Å²) in [6.45, 7) is 1.72. The lowest BCUT2D eigenvalue weighted by atomic mass is 9.83. The Labute approximate surface area is 130 Å². The number of rotatable bonds is 3. The van der Waals surface area contributed by atoms with Gasteiger partial charge in [0.15, 0.2) is 0 Å². The SMILES string of the molecule is NC(=O)[C@H]1CCN(C(=O)NC[C@H]2CCCc3ccccc32)C1. The fourth-order valence-electron chi connectivity index (χ4n) is 3.57. The summed E-state index contributed by atoms with van der Waals surface area (Å²) in [5, 5.41) is 3.03. The number of carbonyl (C=O) groups excluding carboxylic acids is 2. The highest BCUT2D eigenvalue weighted by Crippen LogP contribution is 2.30. The number of benzene rings is 1. The molecule has 1 heterocycles. The molecule has 0 aromatic heterocycles. The molecule has 1 aromatic rings. The van der Waals surface area contributed by atoms with Gasteiger partial charge in [0.1, 0.15) is 0 Å². The van der Waals surface area contributed by atoms with Crippen molar-refractivity contribution in [3.8, 4) is 0 Å². The summed E-state index contributed by atoms with van der Waals surface area (Å²) in [5.74, 6) is -0.110. The lowest BCUT2D eigenvalue weighted by Crippen LogP contribution is -2.41. The van der Waals surface area contributed by atoms with Crippen molar-refractivity contribution < 1.29 is 9.59 Å². The second-order valence-electron chi connectivity index (χ2n) is 6.31. The topological polar surface area (TPSA) is 75.4 Å². The lowest BCUT2D eigenvalue weighted by molar-refractivity contribution is -0.121. The van der Waals surface area contributed by atoms with Gasteiger partial charge in [-0.15, -0.1) is 0 Å². The van der Waals surface area contributed by atoms with Crippen molar-refractivity contribution in [3.63, 3.8) is 0 Å².